The van der Waals surface area contributed by atoms with E-state index in [1.54, 1.807) is 6.07 Å². The van der Waals surface area contributed by atoms with Crippen molar-refractivity contribution in [2.75, 3.05) is 7.11 Å². The quantitative estimate of drug-likeness (QED) is 0.633. The number of benzene rings is 1. The number of carbonyl (C=O) groups is 1. The van der Waals surface area contributed by atoms with E-state index in [4.69, 9.17) is 14.0 Å². The van der Waals surface area contributed by atoms with Gasteiger partial charge >= 0.3 is 13.1 Å². The maximum Gasteiger partial charge on any atom is 0.494 e. The van der Waals surface area contributed by atoms with Gasteiger partial charge in [0.05, 0.1) is 23.9 Å². The van der Waals surface area contributed by atoms with Crippen molar-refractivity contribution in [1.82, 2.24) is 0 Å². The second-order valence-corrected chi connectivity index (χ2v) is 6.35. The van der Waals surface area contributed by atoms with Gasteiger partial charge in [-0.2, -0.15) is 0 Å². The molecule has 1 aromatic rings. The molecule has 4 nitrogen and oxygen atoms in total. The van der Waals surface area contributed by atoms with Crippen LogP contribution < -0.4 is 5.46 Å². The highest BCUT2D eigenvalue weighted by Crippen LogP contribution is 2.36. The standard InChI is InChI=1S/C16H23BO4/c1-7-11-10-12(8-9-13(11)14(18)19-6)17-20-15(2,3)16(4,5)21-17/h8-10H,7H2,1-6H3. The normalized spacial score (nSPS) is 19.6. The minimum atomic E-state index is -0.410. The molecule has 0 aliphatic carbocycles. The van der Waals surface area contributed by atoms with Crippen LogP contribution in [0.1, 0.15) is 50.5 Å². The van der Waals surface area contributed by atoms with E-state index in [9.17, 15) is 4.79 Å². The van der Waals surface area contributed by atoms with Gasteiger partial charge in [-0.3, -0.25) is 0 Å². The zero-order valence-electron chi connectivity index (χ0n) is 13.6. The SMILES string of the molecule is CCc1cc(B2OC(C)(C)C(C)(C)O2)ccc1C(=O)OC. The van der Waals surface area contributed by atoms with Gasteiger partial charge in [0.2, 0.25) is 0 Å². The fourth-order valence-corrected chi connectivity index (χ4v) is 2.34. The molecule has 0 spiro atoms. The number of hydrogen-bond donors (Lipinski definition) is 0. The van der Waals surface area contributed by atoms with Crippen LogP contribution in [0.25, 0.3) is 0 Å². The molecular formula is C16H23BO4. The summed E-state index contributed by atoms with van der Waals surface area (Å²) in [6.45, 7) is 10.1. The smallest absolute Gasteiger partial charge is 0.465 e. The van der Waals surface area contributed by atoms with E-state index in [1.807, 2.05) is 46.8 Å². The molecule has 0 saturated carbocycles. The molecule has 21 heavy (non-hydrogen) atoms. The van der Waals surface area contributed by atoms with E-state index >= 15 is 0 Å². The van der Waals surface area contributed by atoms with Gasteiger partial charge in [-0.25, -0.2) is 4.79 Å². The van der Waals surface area contributed by atoms with Gasteiger partial charge in [-0.15, -0.1) is 0 Å². The van der Waals surface area contributed by atoms with E-state index in [2.05, 4.69) is 0 Å². The van der Waals surface area contributed by atoms with Crippen LogP contribution in [-0.4, -0.2) is 31.4 Å². The van der Waals surface area contributed by atoms with E-state index in [0.29, 0.717) is 5.56 Å². The molecule has 1 saturated heterocycles. The van der Waals surface area contributed by atoms with Crippen LogP contribution in [0.2, 0.25) is 0 Å². The Morgan fingerprint density at radius 2 is 1.76 bits per heavy atom. The highest BCUT2D eigenvalue weighted by molar-refractivity contribution is 6.62. The Morgan fingerprint density at radius 3 is 2.24 bits per heavy atom. The lowest BCUT2D eigenvalue weighted by Gasteiger charge is -2.32. The third-order valence-corrected chi connectivity index (χ3v) is 4.44. The summed E-state index contributed by atoms with van der Waals surface area (Å²) in [5, 5.41) is 0. The van der Waals surface area contributed by atoms with Crippen LogP contribution in [0.4, 0.5) is 0 Å². The van der Waals surface area contributed by atoms with Crippen molar-refractivity contribution in [2.45, 2.75) is 52.2 Å². The first kappa shape index (κ1) is 16.1. The van der Waals surface area contributed by atoms with Gasteiger partial charge in [0.1, 0.15) is 0 Å². The lowest BCUT2D eigenvalue weighted by Crippen LogP contribution is -2.41. The predicted octanol–water partition coefficient (Wildman–Crippen LogP) is 2.33. The van der Waals surface area contributed by atoms with Crippen molar-refractivity contribution in [2.24, 2.45) is 0 Å². The molecule has 2 rings (SSSR count). The van der Waals surface area contributed by atoms with Gasteiger partial charge < -0.3 is 14.0 Å². The van der Waals surface area contributed by atoms with Gasteiger partial charge in [-0.05, 0) is 51.2 Å². The molecule has 0 unspecified atom stereocenters. The number of esters is 1. The maximum atomic E-state index is 11.7. The van der Waals surface area contributed by atoms with Crippen molar-refractivity contribution in [3.63, 3.8) is 0 Å². The zero-order chi connectivity index (χ0) is 15.8. The van der Waals surface area contributed by atoms with E-state index in [-0.39, 0.29) is 17.2 Å². The molecule has 1 fully saturated rings. The summed E-state index contributed by atoms with van der Waals surface area (Å²) in [7, 11) is 0.983. The Hall–Kier alpha value is -1.33. The van der Waals surface area contributed by atoms with Gasteiger partial charge in [0, 0.05) is 0 Å². The topological polar surface area (TPSA) is 44.8 Å². The molecule has 0 amide bonds. The first-order valence-electron chi connectivity index (χ1n) is 7.28. The van der Waals surface area contributed by atoms with Crippen LogP contribution >= 0.6 is 0 Å². The summed E-state index contributed by atoms with van der Waals surface area (Å²) in [4.78, 5) is 11.7. The van der Waals surface area contributed by atoms with Gasteiger partial charge in [-0.1, -0.05) is 19.1 Å². The molecule has 0 aromatic heterocycles. The Kier molecular flexibility index (Phi) is 4.18. The Labute approximate surface area is 126 Å². The van der Waals surface area contributed by atoms with Crippen LogP contribution in [0.3, 0.4) is 0 Å². The second kappa shape index (κ2) is 5.46. The number of aryl methyl sites for hydroxylation is 1. The highest BCUT2D eigenvalue weighted by atomic mass is 16.7. The molecule has 1 aromatic carbocycles. The lowest BCUT2D eigenvalue weighted by molar-refractivity contribution is 0.00578. The molecule has 5 heteroatoms. The molecule has 114 valence electrons. The number of methoxy groups -OCH3 is 1. The van der Waals surface area contributed by atoms with E-state index in [0.717, 1.165) is 17.4 Å². The average molecular weight is 290 g/mol. The van der Waals surface area contributed by atoms with Crippen LogP contribution in [-0.2, 0) is 20.5 Å². The van der Waals surface area contributed by atoms with Gasteiger partial charge in [0.25, 0.3) is 0 Å². The minimum Gasteiger partial charge on any atom is -0.465 e. The number of hydrogen-bond acceptors (Lipinski definition) is 4. The molecule has 0 bridgehead atoms. The maximum absolute atomic E-state index is 11.7. The van der Waals surface area contributed by atoms with Crippen LogP contribution in [0, 0.1) is 0 Å². The molecular weight excluding hydrogens is 267 g/mol. The van der Waals surface area contributed by atoms with Crippen LogP contribution in [0.15, 0.2) is 18.2 Å². The monoisotopic (exact) mass is 290 g/mol. The van der Waals surface area contributed by atoms with E-state index < -0.39 is 7.12 Å². The lowest BCUT2D eigenvalue weighted by atomic mass is 9.77. The summed E-state index contributed by atoms with van der Waals surface area (Å²) in [6.07, 6.45) is 0.748. The Bertz CT molecular complexity index is 535. The Morgan fingerprint density at radius 1 is 1.19 bits per heavy atom. The first-order valence-corrected chi connectivity index (χ1v) is 7.28. The predicted molar refractivity (Wildman–Crippen MR) is 82.9 cm³/mol. The summed E-state index contributed by atoms with van der Waals surface area (Å²) in [6, 6.07) is 5.62. The second-order valence-electron chi connectivity index (χ2n) is 6.35. The molecule has 1 aliphatic rings. The fraction of sp³-hybridized carbons (Fsp3) is 0.562. The summed E-state index contributed by atoms with van der Waals surface area (Å²) in [5.74, 6) is -0.313. The summed E-state index contributed by atoms with van der Waals surface area (Å²) >= 11 is 0. The molecule has 1 aliphatic heterocycles. The van der Waals surface area contributed by atoms with Crippen molar-refractivity contribution in [1.29, 1.82) is 0 Å². The molecule has 1 heterocycles. The molecule has 0 radical (unpaired) electrons. The highest BCUT2D eigenvalue weighted by Gasteiger charge is 2.51. The Balaban J connectivity index is 2.33. The van der Waals surface area contributed by atoms with Gasteiger partial charge in [0.15, 0.2) is 0 Å². The van der Waals surface area contributed by atoms with E-state index in [1.165, 1.54) is 7.11 Å². The summed E-state index contributed by atoms with van der Waals surface area (Å²) in [5.41, 5.74) is 1.73. The average Bonchev–Trinajstić information content (AvgIpc) is 2.66. The number of carbonyl (C=O) groups excluding carboxylic acids is 1. The third kappa shape index (κ3) is 2.85. The summed E-state index contributed by atoms with van der Waals surface area (Å²) < 4.78 is 16.9. The minimum absolute atomic E-state index is 0.313. The van der Waals surface area contributed by atoms with Crippen molar-refractivity contribution >= 4 is 18.6 Å². The molecule has 0 atom stereocenters. The van der Waals surface area contributed by atoms with Crippen molar-refractivity contribution in [3.8, 4) is 0 Å². The number of rotatable bonds is 3. The van der Waals surface area contributed by atoms with Crippen LogP contribution in [0.5, 0.6) is 0 Å². The van der Waals surface area contributed by atoms with Crippen molar-refractivity contribution in [3.05, 3.63) is 29.3 Å². The third-order valence-electron chi connectivity index (χ3n) is 4.44. The fourth-order valence-electron chi connectivity index (χ4n) is 2.34. The largest absolute Gasteiger partial charge is 0.494 e. The molecule has 0 N–H and O–H groups in total. The first-order chi connectivity index (χ1) is 9.71. The number of ether oxygens (including phenoxy) is 1. The zero-order valence-corrected chi connectivity index (χ0v) is 13.6. The van der Waals surface area contributed by atoms with Crippen molar-refractivity contribution < 1.29 is 18.8 Å².